The number of nitrogens with zero attached hydrogens (tertiary/aromatic N) is 3. The summed E-state index contributed by atoms with van der Waals surface area (Å²) in [5, 5.41) is 9.76. The van der Waals surface area contributed by atoms with Crippen molar-refractivity contribution in [2.45, 2.75) is 70.0 Å². The lowest BCUT2D eigenvalue weighted by Gasteiger charge is -2.26. The van der Waals surface area contributed by atoms with Crippen molar-refractivity contribution in [3.63, 3.8) is 0 Å². The number of imidazole rings is 1. The van der Waals surface area contributed by atoms with Gasteiger partial charge in [0, 0.05) is 23.9 Å². The summed E-state index contributed by atoms with van der Waals surface area (Å²) in [6.45, 7) is 4.30. The third kappa shape index (κ3) is 3.54. The Bertz CT molecular complexity index is 453. The number of aromatic nitrogens is 2. The van der Waals surface area contributed by atoms with Gasteiger partial charge in [0.15, 0.2) is 5.16 Å². The summed E-state index contributed by atoms with van der Waals surface area (Å²) < 4.78 is 2.46. The highest BCUT2D eigenvalue weighted by molar-refractivity contribution is 7.99. The molecule has 4 heteroatoms. The number of nitriles is 1. The van der Waals surface area contributed by atoms with Gasteiger partial charge in [-0.15, -0.1) is 0 Å². The molecule has 1 saturated carbocycles. The molecule has 0 aliphatic heterocycles. The molecular weight excluding hydrogens is 254 g/mol. The standard InChI is InChI=1S/C15H23N3S/c1-12-13(2)18(14-8-4-3-5-9-14)15(17-12)19-11-7-6-10-16/h14H,3-9,11H2,1-2H3. The van der Waals surface area contributed by atoms with Crippen LogP contribution in [-0.2, 0) is 0 Å². The molecule has 0 bridgehead atoms. The second-order valence-corrected chi connectivity index (χ2v) is 6.40. The van der Waals surface area contributed by atoms with E-state index >= 15 is 0 Å². The van der Waals surface area contributed by atoms with Crippen LogP contribution in [0, 0.1) is 25.2 Å². The Morgan fingerprint density at radius 3 is 2.74 bits per heavy atom. The number of unbranched alkanes of at least 4 members (excludes halogenated alkanes) is 1. The number of thioether (sulfide) groups is 1. The zero-order valence-corrected chi connectivity index (χ0v) is 12.8. The van der Waals surface area contributed by atoms with Crippen molar-refractivity contribution in [3.05, 3.63) is 11.4 Å². The van der Waals surface area contributed by atoms with Gasteiger partial charge in [0.1, 0.15) is 0 Å². The summed E-state index contributed by atoms with van der Waals surface area (Å²) in [6, 6.07) is 2.85. The summed E-state index contributed by atoms with van der Waals surface area (Å²) in [6.07, 6.45) is 8.27. The van der Waals surface area contributed by atoms with Crippen LogP contribution in [0.3, 0.4) is 0 Å². The lowest BCUT2D eigenvalue weighted by atomic mass is 9.95. The maximum atomic E-state index is 8.59. The third-order valence-corrected chi connectivity index (χ3v) is 5.00. The highest BCUT2D eigenvalue weighted by atomic mass is 32.2. The van der Waals surface area contributed by atoms with E-state index in [9.17, 15) is 0 Å². The molecule has 1 aromatic heterocycles. The van der Waals surface area contributed by atoms with E-state index in [0.29, 0.717) is 12.5 Å². The molecule has 0 spiro atoms. The monoisotopic (exact) mass is 277 g/mol. The molecule has 3 nitrogen and oxygen atoms in total. The smallest absolute Gasteiger partial charge is 0.168 e. The highest BCUT2D eigenvalue weighted by Gasteiger charge is 2.21. The van der Waals surface area contributed by atoms with Crippen LogP contribution in [0.15, 0.2) is 5.16 Å². The summed E-state index contributed by atoms with van der Waals surface area (Å²) in [5.41, 5.74) is 2.49. The quantitative estimate of drug-likeness (QED) is 0.591. The van der Waals surface area contributed by atoms with Gasteiger partial charge in [-0.05, 0) is 33.1 Å². The van der Waals surface area contributed by atoms with Crippen molar-refractivity contribution < 1.29 is 0 Å². The van der Waals surface area contributed by atoms with Crippen LogP contribution in [0.2, 0.25) is 0 Å². The van der Waals surface area contributed by atoms with Crippen molar-refractivity contribution in [2.75, 3.05) is 5.75 Å². The Morgan fingerprint density at radius 2 is 2.05 bits per heavy atom. The minimum Gasteiger partial charge on any atom is -0.320 e. The first kappa shape index (κ1) is 14.5. The third-order valence-electron chi connectivity index (χ3n) is 3.96. The number of rotatable bonds is 5. The molecule has 1 aliphatic carbocycles. The second kappa shape index (κ2) is 7.00. The molecule has 0 saturated heterocycles. The zero-order valence-electron chi connectivity index (χ0n) is 12.0. The van der Waals surface area contributed by atoms with Crippen molar-refractivity contribution in [2.24, 2.45) is 0 Å². The summed E-state index contributed by atoms with van der Waals surface area (Å²) in [7, 11) is 0. The fourth-order valence-corrected chi connectivity index (χ4v) is 3.88. The maximum Gasteiger partial charge on any atom is 0.168 e. The largest absolute Gasteiger partial charge is 0.320 e. The first-order valence-electron chi connectivity index (χ1n) is 7.29. The molecular formula is C15H23N3S. The summed E-state index contributed by atoms with van der Waals surface area (Å²) >= 11 is 1.82. The Kier molecular flexibility index (Phi) is 5.33. The van der Waals surface area contributed by atoms with Gasteiger partial charge in [-0.2, -0.15) is 5.26 Å². The Balaban J connectivity index is 2.09. The van der Waals surface area contributed by atoms with E-state index in [2.05, 4.69) is 24.5 Å². The molecule has 1 fully saturated rings. The number of hydrogen-bond donors (Lipinski definition) is 0. The first-order valence-corrected chi connectivity index (χ1v) is 8.27. The summed E-state index contributed by atoms with van der Waals surface area (Å²) in [5.74, 6) is 0.996. The fourth-order valence-electron chi connectivity index (χ4n) is 2.78. The van der Waals surface area contributed by atoms with E-state index in [-0.39, 0.29) is 0 Å². The van der Waals surface area contributed by atoms with E-state index in [0.717, 1.165) is 17.9 Å². The molecule has 0 atom stereocenters. The van der Waals surface area contributed by atoms with Gasteiger partial charge in [0.05, 0.1) is 11.8 Å². The Labute approximate surface area is 120 Å². The molecule has 1 aromatic rings. The van der Waals surface area contributed by atoms with E-state index in [4.69, 9.17) is 10.2 Å². The lowest BCUT2D eigenvalue weighted by Crippen LogP contribution is -2.15. The van der Waals surface area contributed by atoms with Crippen LogP contribution >= 0.6 is 11.8 Å². The van der Waals surface area contributed by atoms with Gasteiger partial charge in [-0.1, -0.05) is 31.0 Å². The maximum absolute atomic E-state index is 8.59. The predicted octanol–water partition coefficient (Wildman–Crippen LogP) is 4.40. The number of hydrogen-bond acceptors (Lipinski definition) is 3. The van der Waals surface area contributed by atoms with E-state index < -0.39 is 0 Å². The number of aryl methyl sites for hydroxylation is 1. The average Bonchev–Trinajstić information content (AvgIpc) is 2.71. The normalized spacial score (nSPS) is 16.5. The minimum atomic E-state index is 0.647. The molecule has 0 aromatic carbocycles. The molecule has 2 rings (SSSR count). The molecule has 1 heterocycles. The van der Waals surface area contributed by atoms with Gasteiger partial charge in [0.25, 0.3) is 0 Å². The van der Waals surface area contributed by atoms with Crippen LogP contribution in [0.1, 0.15) is 62.4 Å². The Hall–Kier alpha value is -0.950. The molecule has 1 aliphatic rings. The predicted molar refractivity (Wildman–Crippen MR) is 79.4 cm³/mol. The van der Waals surface area contributed by atoms with Gasteiger partial charge >= 0.3 is 0 Å². The SMILES string of the molecule is Cc1nc(SCCCC#N)n(C2CCCCC2)c1C. The van der Waals surface area contributed by atoms with Crippen LogP contribution < -0.4 is 0 Å². The molecule has 0 amide bonds. The van der Waals surface area contributed by atoms with Crippen LogP contribution in [0.4, 0.5) is 0 Å². The van der Waals surface area contributed by atoms with Crippen molar-refractivity contribution in [1.82, 2.24) is 9.55 Å². The lowest BCUT2D eigenvalue weighted by molar-refractivity contribution is 0.332. The van der Waals surface area contributed by atoms with E-state index in [1.807, 2.05) is 11.8 Å². The van der Waals surface area contributed by atoms with E-state index in [1.165, 1.54) is 43.0 Å². The molecule has 0 N–H and O–H groups in total. The second-order valence-electron chi connectivity index (χ2n) is 5.34. The van der Waals surface area contributed by atoms with Crippen LogP contribution in [0.25, 0.3) is 0 Å². The van der Waals surface area contributed by atoms with Gasteiger partial charge in [0.2, 0.25) is 0 Å². The topological polar surface area (TPSA) is 41.6 Å². The van der Waals surface area contributed by atoms with Crippen LogP contribution in [-0.4, -0.2) is 15.3 Å². The van der Waals surface area contributed by atoms with Crippen molar-refractivity contribution in [3.8, 4) is 6.07 Å². The zero-order chi connectivity index (χ0) is 13.7. The fraction of sp³-hybridized carbons (Fsp3) is 0.733. The van der Waals surface area contributed by atoms with Crippen LogP contribution in [0.5, 0.6) is 0 Å². The molecule has 0 radical (unpaired) electrons. The average molecular weight is 277 g/mol. The van der Waals surface area contributed by atoms with Gasteiger partial charge < -0.3 is 4.57 Å². The minimum absolute atomic E-state index is 0.647. The van der Waals surface area contributed by atoms with Gasteiger partial charge in [-0.25, -0.2) is 4.98 Å². The molecule has 0 unspecified atom stereocenters. The van der Waals surface area contributed by atoms with E-state index in [1.54, 1.807) is 0 Å². The molecule has 19 heavy (non-hydrogen) atoms. The first-order chi connectivity index (χ1) is 9.24. The highest BCUT2D eigenvalue weighted by Crippen LogP contribution is 2.34. The molecule has 104 valence electrons. The summed E-state index contributed by atoms with van der Waals surface area (Å²) in [4.78, 5) is 4.73. The van der Waals surface area contributed by atoms with Gasteiger partial charge in [-0.3, -0.25) is 0 Å². The van der Waals surface area contributed by atoms with Crippen molar-refractivity contribution >= 4 is 11.8 Å². The Morgan fingerprint density at radius 1 is 1.32 bits per heavy atom. The van der Waals surface area contributed by atoms with Crippen molar-refractivity contribution in [1.29, 1.82) is 5.26 Å².